The van der Waals surface area contributed by atoms with Crippen molar-refractivity contribution in [2.24, 2.45) is 0 Å². The number of phosphoric ester groups is 1. The van der Waals surface area contributed by atoms with Crippen LogP contribution in [0.1, 0.15) is 0 Å². The maximum Gasteiger partial charge on any atom is 0.472 e. The Morgan fingerprint density at radius 1 is 1.70 bits per heavy atom. The molecule has 0 aliphatic carbocycles. The van der Waals surface area contributed by atoms with E-state index < -0.39 is 14.1 Å². The number of hydrogen-bond acceptors (Lipinski definition) is 3. The molecule has 0 heterocycles. The summed E-state index contributed by atoms with van der Waals surface area (Å²) in [5.41, 5.74) is 0. The zero-order valence-corrected chi connectivity index (χ0v) is 6.32. The summed E-state index contributed by atoms with van der Waals surface area (Å²) in [6.45, 7) is 3.22. The predicted molar refractivity (Wildman–Crippen MR) is 34.1 cm³/mol. The highest BCUT2D eigenvalue weighted by Gasteiger charge is 2.18. The van der Waals surface area contributed by atoms with E-state index in [9.17, 15) is 4.57 Å². The molecule has 10 heavy (non-hydrogen) atoms. The molecule has 0 aromatic carbocycles. The highest BCUT2D eigenvalue weighted by Crippen LogP contribution is 2.37. The molecule has 0 amide bonds. The van der Waals surface area contributed by atoms with Gasteiger partial charge in [0.05, 0.1) is 0 Å². The van der Waals surface area contributed by atoms with Gasteiger partial charge in [-0.15, -0.1) is 0 Å². The fraction of sp³-hybridized carbons (Fsp3) is 0.500. The summed E-state index contributed by atoms with van der Waals surface area (Å²) in [5.74, 6) is 0. The van der Waals surface area contributed by atoms with Crippen molar-refractivity contribution in [1.82, 2.24) is 0 Å². The highest BCUT2D eigenvalue weighted by atomic mass is 31.2. The minimum Gasteiger partial charge on any atom is -0.352 e. The molecular formula is C4H9O5P. The Labute approximate surface area is 58.5 Å². The summed E-state index contributed by atoms with van der Waals surface area (Å²) in [6.07, 6.45) is 0.0832. The lowest BCUT2D eigenvalue weighted by molar-refractivity contribution is -0.0327. The second kappa shape index (κ2) is 3.85. The Morgan fingerprint density at radius 3 is 2.30 bits per heavy atom. The molecule has 0 aliphatic heterocycles. The first-order valence-electron chi connectivity index (χ1n) is 2.39. The van der Waals surface area contributed by atoms with Crippen LogP contribution in [0.15, 0.2) is 12.7 Å². The maximum atomic E-state index is 10.1. The monoisotopic (exact) mass is 168 g/mol. The lowest BCUT2D eigenvalue weighted by atomic mass is 10.6. The van der Waals surface area contributed by atoms with Crippen LogP contribution in [0.25, 0.3) is 0 Å². The third-order valence-corrected chi connectivity index (χ3v) is 1.15. The number of rotatable bonds is 4. The average Bonchev–Trinajstić information content (AvgIpc) is 1.81. The molecule has 60 valence electrons. The summed E-state index contributed by atoms with van der Waals surface area (Å²) < 4.78 is 18.6. The standard InChI is InChI=1S/C4H9O5P/c1-3-4(8-2)9-10(5,6)7/h3-4H,1H2,2H3,(H2,5,6,7). The van der Waals surface area contributed by atoms with Crippen LogP contribution in [0.5, 0.6) is 0 Å². The first-order valence-corrected chi connectivity index (χ1v) is 3.92. The Hall–Kier alpha value is -0.190. The largest absolute Gasteiger partial charge is 0.472 e. The summed E-state index contributed by atoms with van der Waals surface area (Å²) >= 11 is 0. The van der Waals surface area contributed by atoms with Crippen LogP contribution in [-0.2, 0) is 13.8 Å². The molecule has 0 bridgehead atoms. The Bertz CT molecular complexity index is 150. The molecule has 0 radical (unpaired) electrons. The van der Waals surface area contributed by atoms with Crippen molar-refractivity contribution in [2.45, 2.75) is 6.29 Å². The third kappa shape index (κ3) is 4.67. The van der Waals surface area contributed by atoms with Crippen molar-refractivity contribution in [3.05, 3.63) is 12.7 Å². The van der Waals surface area contributed by atoms with Gasteiger partial charge in [0, 0.05) is 7.11 Å². The summed E-state index contributed by atoms with van der Waals surface area (Å²) in [4.78, 5) is 16.4. The van der Waals surface area contributed by atoms with Gasteiger partial charge in [-0.05, 0) is 6.08 Å². The van der Waals surface area contributed by atoms with Crippen LogP contribution < -0.4 is 0 Å². The minimum atomic E-state index is -4.45. The molecule has 0 aromatic rings. The van der Waals surface area contributed by atoms with E-state index in [4.69, 9.17) is 9.79 Å². The maximum absolute atomic E-state index is 10.1. The van der Waals surface area contributed by atoms with Gasteiger partial charge >= 0.3 is 7.82 Å². The summed E-state index contributed by atoms with van der Waals surface area (Å²) in [7, 11) is -3.20. The Morgan fingerprint density at radius 2 is 2.20 bits per heavy atom. The van der Waals surface area contributed by atoms with E-state index in [-0.39, 0.29) is 0 Å². The van der Waals surface area contributed by atoms with Gasteiger partial charge in [0.25, 0.3) is 0 Å². The molecule has 1 atom stereocenters. The van der Waals surface area contributed by atoms with Crippen molar-refractivity contribution in [3.63, 3.8) is 0 Å². The zero-order valence-electron chi connectivity index (χ0n) is 5.43. The van der Waals surface area contributed by atoms with Gasteiger partial charge in [0.15, 0.2) is 6.29 Å². The van der Waals surface area contributed by atoms with E-state index >= 15 is 0 Å². The van der Waals surface area contributed by atoms with Crippen LogP contribution in [0.2, 0.25) is 0 Å². The molecule has 2 N–H and O–H groups in total. The van der Waals surface area contributed by atoms with Gasteiger partial charge < -0.3 is 14.5 Å². The van der Waals surface area contributed by atoms with Crippen LogP contribution in [0, 0.1) is 0 Å². The predicted octanol–water partition coefficient (Wildman–Crippen LogP) is 0.254. The molecular weight excluding hydrogens is 159 g/mol. The number of methoxy groups -OCH3 is 1. The fourth-order valence-electron chi connectivity index (χ4n) is 0.318. The summed E-state index contributed by atoms with van der Waals surface area (Å²) in [5, 5.41) is 0. The molecule has 0 rings (SSSR count). The van der Waals surface area contributed by atoms with Crippen LogP contribution in [-0.4, -0.2) is 23.2 Å². The molecule has 5 nitrogen and oxygen atoms in total. The van der Waals surface area contributed by atoms with Gasteiger partial charge in [-0.3, -0.25) is 4.52 Å². The number of hydrogen-bond donors (Lipinski definition) is 2. The molecule has 0 aromatic heterocycles. The van der Waals surface area contributed by atoms with E-state index in [1.807, 2.05) is 0 Å². The van der Waals surface area contributed by atoms with E-state index in [2.05, 4.69) is 15.8 Å². The Kier molecular flexibility index (Phi) is 3.78. The van der Waals surface area contributed by atoms with Gasteiger partial charge in [0.1, 0.15) is 0 Å². The highest BCUT2D eigenvalue weighted by molar-refractivity contribution is 7.46. The number of ether oxygens (including phenoxy) is 1. The molecule has 0 aliphatic rings. The van der Waals surface area contributed by atoms with Crippen LogP contribution >= 0.6 is 7.82 Å². The van der Waals surface area contributed by atoms with Crippen molar-refractivity contribution in [2.75, 3.05) is 7.11 Å². The van der Waals surface area contributed by atoms with E-state index in [0.29, 0.717) is 0 Å². The lowest BCUT2D eigenvalue weighted by Gasteiger charge is -2.11. The zero-order chi connectivity index (χ0) is 8.20. The second-order valence-corrected chi connectivity index (χ2v) is 2.63. The van der Waals surface area contributed by atoms with Gasteiger partial charge in [0.2, 0.25) is 0 Å². The third-order valence-electron chi connectivity index (χ3n) is 0.666. The molecule has 1 unspecified atom stereocenters. The van der Waals surface area contributed by atoms with Crippen LogP contribution in [0.3, 0.4) is 0 Å². The SMILES string of the molecule is C=CC(OC)OP(=O)(O)O. The fourth-order valence-corrected chi connectivity index (χ4v) is 0.760. The van der Waals surface area contributed by atoms with Crippen molar-refractivity contribution >= 4 is 7.82 Å². The van der Waals surface area contributed by atoms with E-state index in [0.717, 1.165) is 6.08 Å². The van der Waals surface area contributed by atoms with Crippen molar-refractivity contribution in [1.29, 1.82) is 0 Å². The van der Waals surface area contributed by atoms with Crippen molar-refractivity contribution < 1.29 is 23.6 Å². The average molecular weight is 168 g/mol. The molecule has 0 spiro atoms. The lowest BCUT2D eigenvalue weighted by Crippen LogP contribution is -2.09. The molecule has 6 heteroatoms. The van der Waals surface area contributed by atoms with Gasteiger partial charge in [-0.1, -0.05) is 6.58 Å². The topological polar surface area (TPSA) is 76.0 Å². The number of phosphoric acid groups is 1. The summed E-state index contributed by atoms with van der Waals surface area (Å²) in [6, 6.07) is 0. The second-order valence-electron chi connectivity index (χ2n) is 1.44. The minimum absolute atomic E-state index is 1.05. The smallest absolute Gasteiger partial charge is 0.352 e. The first kappa shape index (κ1) is 9.81. The van der Waals surface area contributed by atoms with E-state index in [1.54, 1.807) is 0 Å². The van der Waals surface area contributed by atoms with Gasteiger partial charge in [-0.25, -0.2) is 4.57 Å². The van der Waals surface area contributed by atoms with E-state index in [1.165, 1.54) is 7.11 Å². The Balaban J connectivity index is 3.86. The first-order chi connectivity index (χ1) is 4.49. The quantitative estimate of drug-likeness (QED) is 0.357. The van der Waals surface area contributed by atoms with Crippen LogP contribution in [0.4, 0.5) is 0 Å². The molecule has 0 fully saturated rings. The normalized spacial score (nSPS) is 14.7. The van der Waals surface area contributed by atoms with Crippen molar-refractivity contribution in [3.8, 4) is 0 Å². The molecule has 0 saturated carbocycles. The van der Waals surface area contributed by atoms with Gasteiger partial charge in [-0.2, -0.15) is 0 Å². The molecule has 0 saturated heterocycles.